The normalized spacial score (nSPS) is 17.5. The molecule has 0 saturated carbocycles. The van der Waals surface area contributed by atoms with Crippen LogP contribution in [0.4, 0.5) is 0 Å². The second-order valence-electron chi connectivity index (χ2n) is 5.10. The van der Waals surface area contributed by atoms with Crippen molar-refractivity contribution in [2.75, 3.05) is 6.61 Å². The van der Waals surface area contributed by atoms with Crippen molar-refractivity contribution in [3.8, 4) is 0 Å². The van der Waals surface area contributed by atoms with Crippen LogP contribution in [0.25, 0.3) is 0 Å². The van der Waals surface area contributed by atoms with E-state index in [1.165, 1.54) is 12.1 Å². The Morgan fingerprint density at radius 1 is 1.19 bits per heavy atom. The summed E-state index contributed by atoms with van der Waals surface area (Å²) < 4.78 is 4.89. The lowest BCUT2D eigenvalue weighted by molar-refractivity contribution is -0.158. The minimum absolute atomic E-state index is 0.0434. The van der Waals surface area contributed by atoms with E-state index in [1.807, 2.05) is 6.92 Å². The molecule has 0 bridgehead atoms. The van der Waals surface area contributed by atoms with Crippen LogP contribution in [0.2, 0.25) is 0 Å². The molecule has 1 aliphatic carbocycles. The summed E-state index contributed by atoms with van der Waals surface area (Å²) in [5, 5.41) is 10.3. The van der Waals surface area contributed by atoms with Crippen molar-refractivity contribution in [3.05, 3.63) is 35.4 Å². The van der Waals surface area contributed by atoms with Gasteiger partial charge >= 0.3 is 5.97 Å². The molecule has 1 aromatic rings. The maximum Gasteiger partial charge on any atom is 0.336 e. The Balaban J connectivity index is 2.42. The third kappa shape index (κ3) is 2.17. The van der Waals surface area contributed by atoms with Crippen molar-refractivity contribution in [2.45, 2.75) is 32.8 Å². The van der Waals surface area contributed by atoms with Crippen LogP contribution in [0.3, 0.4) is 0 Å². The standard InChI is InChI=1S/C16H18O5/c1-3-9-21-15(20)14(19)16(4-2)12(17)10-7-5-6-8-11(10)13(16)18/h5-8,14,19H,3-4,9H2,1-2H3. The first-order valence-corrected chi connectivity index (χ1v) is 7.04. The van der Waals surface area contributed by atoms with Gasteiger partial charge in [0.1, 0.15) is 5.41 Å². The van der Waals surface area contributed by atoms with Gasteiger partial charge in [-0.05, 0) is 12.8 Å². The predicted molar refractivity (Wildman–Crippen MR) is 75.1 cm³/mol. The van der Waals surface area contributed by atoms with E-state index in [-0.39, 0.29) is 24.2 Å². The summed E-state index contributed by atoms with van der Waals surface area (Å²) in [4.78, 5) is 37.1. The molecule has 1 N–H and O–H groups in total. The highest BCUT2D eigenvalue weighted by atomic mass is 16.5. The Labute approximate surface area is 122 Å². The molecule has 1 unspecified atom stereocenters. The third-order valence-corrected chi connectivity index (χ3v) is 3.92. The molecule has 0 spiro atoms. The van der Waals surface area contributed by atoms with Crippen molar-refractivity contribution in [2.24, 2.45) is 5.41 Å². The number of aliphatic hydroxyl groups is 1. The summed E-state index contributed by atoms with van der Waals surface area (Å²) in [6.07, 6.45) is -1.14. The molecule has 0 aliphatic heterocycles. The van der Waals surface area contributed by atoms with E-state index in [1.54, 1.807) is 19.1 Å². The topological polar surface area (TPSA) is 80.7 Å². The van der Waals surface area contributed by atoms with Crippen LogP contribution >= 0.6 is 0 Å². The van der Waals surface area contributed by atoms with E-state index in [0.717, 1.165) is 0 Å². The lowest BCUT2D eigenvalue weighted by Gasteiger charge is -2.28. The van der Waals surface area contributed by atoms with Crippen LogP contribution in [0.1, 0.15) is 47.4 Å². The highest BCUT2D eigenvalue weighted by Gasteiger charge is 2.58. The van der Waals surface area contributed by atoms with Gasteiger partial charge in [-0.2, -0.15) is 0 Å². The van der Waals surface area contributed by atoms with Crippen molar-refractivity contribution in [1.82, 2.24) is 0 Å². The zero-order valence-corrected chi connectivity index (χ0v) is 12.1. The average Bonchev–Trinajstić information content (AvgIpc) is 2.73. The summed E-state index contributed by atoms with van der Waals surface area (Å²) in [5.74, 6) is -1.94. The number of ether oxygens (including phenoxy) is 1. The Kier molecular flexibility index (Phi) is 4.23. The number of carbonyl (C=O) groups is 3. The van der Waals surface area contributed by atoms with E-state index in [4.69, 9.17) is 4.74 Å². The molecule has 5 nitrogen and oxygen atoms in total. The lowest BCUT2D eigenvalue weighted by Crippen LogP contribution is -2.49. The quantitative estimate of drug-likeness (QED) is 0.660. The van der Waals surface area contributed by atoms with Crippen molar-refractivity contribution >= 4 is 17.5 Å². The minimum atomic E-state index is -1.78. The summed E-state index contributed by atoms with van der Waals surface area (Å²) in [7, 11) is 0. The van der Waals surface area contributed by atoms with E-state index >= 15 is 0 Å². The zero-order chi connectivity index (χ0) is 15.6. The SMILES string of the molecule is CCCOC(=O)C(O)C1(CC)C(=O)c2ccccc2C1=O. The Hall–Kier alpha value is -2.01. The molecule has 5 heteroatoms. The van der Waals surface area contributed by atoms with Crippen LogP contribution < -0.4 is 0 Å². The number of esters is 1. The van der Waals surface area contributed by atoms with Gasteiger partial charge in [0.2, 0.25) is 0 Å². The highest BCUT2D eigenvalue weighted by molar-refractivity contribution is 6.31. The van der Waals surface area contributed by atoms with Crippen LogP contribution in [-0.4, -0.2) is 35.4 Å². The number of aliphatic hydroxyl groups excluding tert-OH is 1. The van der Waals surface area contributed by atoms with E-state index in [9.17, 15) is 19.5 Å². The van der Waals surface area contributed by atoms with Gasteiger partial charge in [-0.3, -0.25) is 9.59 Å². The molecular formula is C16H18O5. The van der Waals surface area contributed by atoms with Gasteiger partial charge in [-0.1, -0.05) is 38.1 Å². The number of hydrogen-bond donors (Lipinski definition) is 1. The van der Waals surface area contributed by atoms with Gasteiger partial charge < -0.3 is 9.84 Å². The van der Waals surface area contributed by atoms with Crippen molar-refractivity contribution in [1.29, 1.82) is 0 Å². The molecule has 1 atom stereocenters. The molecule has 0 radical (unpaired) electrons. The summed E-state index contributed by atoms with van der Waals surface area (Å²) in [5.41, 5.74) is -1.24. The molecule has 112 valence electrons. The number of carbonyl (C=O) groups excluding carboxylic acids is 3. The number of benzene rings is 1. The zero-order valence-electron chi connectivity index (χ0n) is 12.1. The van der Waals surface area contributed by atoms with Gasteiger partial charge in [0, 0.05) is 11.1 Å². The first-order valence-electron chi connectivity index (χ1n) is 7.04. The fourth-order valence-electron chi connectivity index (χ4n) is 2.71. The molecule has 0 aromatic heterocycles. The van der Waals surface area contributed by atoms with Crippen molar-refractivity contribution < 1.29 is 24.2 Å². The molecule has 1 aromatic carbocycles. The van der Waals surface area contributed by atoms with Crippen LogP contribution in [0, 0.1) is 5.41 Å². The molecule has 0 saturated heterocycles. The number of hydrogen-bond acceptors (Lipinski definition) is 5. The molecule has 1 aliphatic rings. The fourth-order valence-corrected chi connectivity index (χ4v) is 2.71. The Morgan fingerprint density at radius 3 is 2.14 bits per heavy atom. The van der Waals surface area contributed by atoms with Gasteiger partial charge in [0.25, 0.3) is 0 Å². The first kappa shape index (κ1) is 15.4. The van der Waals surface area contributed by atoms with Gasteiger partial charge in [-0.15, -0.1) is 0 Å². The van der Waals surface area contributed by atoms with Crippen molar-refractivity contribution in [3.63, 3.8) is 0 Å². The lowest BCUT2D eigenvalue weighted by atomic mass is 9.75. The monoisotopic (exact) mass is 290 g/mol. The van der Waals surface area contributed by atoms with Gasteiger partial charge in [0.05, 0.1) is 6.61 Å². The van der Waals surface area contributed by atoms with Crippen LogP contribution in [0.5, 0.6) is 0 Å². The number of fused-ring (bicyclic) bond motifs is 1. The van der Waals surface area contributed by atoms with E-state index < -0.39 is 29.1 Å². The van der Waals surface area contributed by atoms with Gasteiger partial charge in [0.15, 0.2) is 17.7 Å². The smallest absolute Gasteiger partial charge is 0.336 e. The summed E-state index contributed by atoms with van der Waals surface area (Å²) in [6.45, 7) is 3.57. The maximum atomic E-state index is 12.6. The summed E-state index contributed by atoms with van der Waals surface area (Å²) in [6, 6.07) is 6.38. The summed E-state index contributed by atoms with van der Waals surface area (Å²) >= 11 is 0. The molecule has 21 heavy (non-hydrogen) atoms. The Morgan fingerprint density at radius 2 is 1.71 bits per heavy atom. The van der Waals surface area contributed by atoms with E-state index in [2.05, 4.69) is 0 Å². The largest absolute Gasteiger partial charge is 0.464 e. The number of Topliss-reactive ketones (excluding diaryl/α,β-unsaturated/α-hetero) is 2. The maximum absolute atomic E-state index is 12.6. The molecule has 0 heterocycles. The third-order valence-electron chi connectivity index (χ3n) is 3.92. The minimum Gasteiger partial charge on any atom is -0.464 e. The predicted octanol–water partition coefficient (Wildman–Crippen LogP) is 1.78. The average molecular weight is 290 g/mol. The molecule has 0 fully saturated rings. The highest BCUT2D eigenvalue weighted by Crippen LogP contribution is 2.42. The van der Waals surface area contributed by atoms with Crippen LogP contribution in [-0.2, 0) is 9.53 Å². The first-order chi connectivity index (χ1) is 10.0. The second kappa shape index (κ2) is 5.77. The Bertz CT molecular complexity index is 555. The van der Waals surface area contributed by atoms with Crippen LogP contribution in [0.15, 0.2) is 24.3 Å². The molecule has 0 amide bonds. The number of ketones is 2. The molecular weight excluding hydrogens is 272 g/mol. The molecule has 2 rings (SSSR count). The fraction of sp³-hybridized carbons (Fsp3) is 0.438. The number of rotatable bonds is 5. The van der Waals surface area contributed by atoms with Gasteiger partial charge in [-0.25, -0.2) is 4.79 Å². The van der Waals surface area contributed by atoms with E-state index in [0.29, 0.717) is 6.42 Å². The second-order valence-corrected chi connectivity index (χ2v) is 5.10.